The van der Waals surface area contributed by atoms with Gasteiger partial charge in [-0.15, -0.1) is 0 Å². The highest BCUT2D eigenvalue weighted by molar-refractivity contribution is 7.99. The lowest BCUT2D eigenvalue weighted by atomic mass is 10.2. The molecule has 0 aliphatic carbocycles. The zero-order valence-corrected chi connectivity index (χ0v) is 10.8. The third-order valence-electron chi connectivity index (χ3n) is 2.62. The van der Waals surface area contributed by atoms with Crippen molar-refractivity contribution in [2.24, 2.45) is 5.84 Å². The standard InChI is InChI=1S/C13H18N2OS/c1-2-7-17-9-11(15-14)13-8-10-5-3-4-6-12(10)16-13/h3-6,8,11,15H,2,7,9,14H2,1H3. The minimum atomic E-state index is 0.0824. The Hall–Kier alpha value is -0.970. The molecule has 1 heterocycles. The van der Waals surface area contributed by atoms with Crippen molar-refractivity contribution in [1.29, 1.82) is 0 Å². The summed E-state index contributed by atoms with van der Waals surface area (Å²) in [5.41, 5.74) is 3.74. The molecule has 1 atom stereocenters. The Labute approximate surface area is 106 Å². The van der Waals surface area contributed by atoms with Crippen molar-refractivity contribution >= 4 is 22.7 Å². The summed E-state index contributed by atoms with van der Waals surface area (Å²) >= 11 is 1.89. The maximum Gasteiger partial charge on any atom is 0.134 e. The van der Waals surface area contributed by atoms with Crippen LogP contribution < -0.4 is 11.3 Å². The van der Waals surface area contributed by atoms with Crippen LogP contribution in [0.15, 0.2) is 34.7 Å². The van der Waals surface area contributed by atoms with Crippen LogP contribution in [-0.2, 0) is 0 Å². The molecule has 0 amide bonds. The molecule has 2 aromatic rings. The summed E-state index contributed by atoms with van der Waals surface area (Å²) in [7, 11) is 0. The van der Waals surface area contributed by atoms with Gasteiger partial charge in [-0.25, -0.2) is 5.43 Å². The fourth-order valence-electron chi connectivity index (χ4n) is 1.73. The van der Waals surface area contributed by atoms with E-state index in [1.54, 1.807) is 0 Å². The first-order valence-corrected chi connectivity index (χ1v) is 7.03. The monoisotopic (exact) mass is 250 g/mol. The van der Waals surface area contributed by atoms with Crippen LogP contribution in [0.3, 0.4) is 0 Å². The summed E-state index contributed by atoms with van der Waals surface area (Å²) < 4.78 is 5.80. The fourth-order valence-corrected chi connectivity index (χ4v) is 2.68. The molecule has 0 bridgehead atoms. The summed E-state index contributed by atoms with van der Waals surface area (Å²) in [5, 5.41) is 1.13. The van der Waals surface area contributed by atoms with Gasteiger partial charge in [-0.1, -0.05) is 25.1 Å². The van der Waals surface area contributed by atoms with Gasteiger partial charge in [0, 0.05) is 11.1 Å². The Morgan fingerprint density at radius 3 is 2.94 bits per heavy atom. The van der Waals surface area contributed by atoms with E-state index >= 15 is 0 Å². The number of thioether (sulfide) groups is 1. The van der Waals surface area contributed by atoms with E-state index in [1.807, 2.05) is 30.0 Å². The van der Waals surface area contributed by atoms with E-state index in [0.29, 0.717) is 0 Å². The van der Waals surface area contributed by atoms with E-state index < -0.39 is 0 Å². The topological polar surface area (TPSA) is 51.2 Å². The molecule has 2 rings (SSSR count). The molecule has 0 fully saturated rings. The molecular formula is C13H18N2OS. The van der Waals surface area contributed by atoms with E-state index in [4.69, 9.17) is 10.3 Å². The Kier molecular flexibility index (Phi) is 4.48. The lowest BCUT2D eigenvalue weighted by Gasteiger charge is -2.12. The summed E-state index contributed by atoms with van der Waals surface area (Å²) in [4.78, 5) is 0. The van der Waals surface area contributed by atoms with Crippen molar-refractivity contribution in [1.82, 2.24) is 5.43 Å². The first-order chi connectivity index (χ1) is 8.35. The highest BCUT2D eigenvalue weighted by Gasteiger charge is 2.14. The lowest BCUT2D eigenvalue weighted by molar-refractivity contribution is 0.464. The predicted octanol–water partition coefficient (Wildman–Crippen LogP) is 3.08. The SMILES string of the molecule is CCCSCC(NN)c1cc2ccccc2o1. The summed E-state index contributed by atoms with van der Waals surface area (Å²) in [5.74, 6) is 8.59. The lowest BCUT2D eigenvalue weighted by Crippen LogP contribution is -2.29. The minimum absolute atomic E-state index is 0.0824. The summed E-state index contributed by atoms with van der Waals surface area (Å²) in [6, 6.07) is 10.2. The first-order valence-electron chi connectivity index (χ1n) is 5.87. The molecule has 92 valence electrons. The summed E-state index contributed by atoms with van der Waals surface area (Å²) in [6.45, 7) is 2.18. The molecule has 1 unspecified atom stereocenters. The molecule has 0 saturated heterocycles. The van der Waals surface area contributed by atoms with E-state index in [0.717, 1.165) is 28.2 Å². The molecule has 1 aromatic heterocycles. The Morgan fingerprint density at radius 2 is 2.24 bits per heavy atom. The second-order valence-corrected chi connectivity index (χ2v) is 5.13. The van der Waals surface area contributed by atoms with Crippen LogP contribution >= 0.6 is 11.8 Å². The van der Waals surface area contributed by atoms with Gasteiger partial charge in [0.1, 0.15) is 11.3 Å². The van der Waals surface area contributed by atoms with Gasteiger partial charge in [-0.3, -0.25) is 5.84 Å². The van der Waals surface area contributed by atoms with Crippen LogP contribution in [-0.4, -0.2) is 11.5 Å². The maximum atomic E-state index is 5.80. The van der Waals surface area contributed by atoms with E-state index in [9.17, 15) is 0 Å². The zero-order chi connectivity index (χ0) is 12.1. The number of fused-ring (bicyclic) bond motifs is 1. The molecule has 17 heavy (non-hydrogen) atoms. The van der Waals surface area contributed by atoms with Crippen molar-refractivity contribution in [2.45, 2.75) is 19.4 Å². The summed E-state index contributed by atoms with van der Waals surface area (Å²) in [6.07, 6.45) is 1.18. The van der Waals surface area contributed by atoms with Gasteiger partial charge in [0.05, 0.1) is 6.04 Å². The number of nitrogens with one attached hydrogen (secondary N) is 1. The van der Waals surface area contributed by atoms with Crippen molar-refractivity contribution in [3.8, 4) is 0 Å². The van der Waals surface area contributed by atoms with Crippen molar-refractivity contribution < 1.29 is 4.42 Å². The molecule has 4 heteroatoms. The van der Waals surface area contributed by atoms with Crippen LogP contribution in [0.4, 0.5) is 0 Å². The Bertz CT molecular complexity index is 436. The quantitative estimate of drug-likeness (QED) is 0.470. The number of para-hydroxylation sites is 1. The van der Waals surface area contributed by atoms with Gasteiger partial charge in [-0.05, 0) is 24.3 Å². The van der Waals surface area contributed by atoms with Crippen molar-refractivity contribution in [3.63, 3.8) is 0 Å². The van der Waals surface area contributed by atoms with Crippen molar-refractivity contribution in [3.05, 3.63) is 36.1 Å². The first kappa shape index (κ1) is 12.5. The molecule has 3 nitrogen and oxygen atoms in total. The predicted molar refractivity (Wildman–Crippen MR) is 73.9 cm³/mol. The van der Waals surface area contributed by atoms with Crippen LogP contribution in [0.1, 0.15) is 25.1 Å². The maximum absolute atomic E-state index is 5.80. The molecule has 0 spiro atoms. The number of hydrogen-bond donors (Lipinski definition) is 2. The molecule has 1 aromatic carbocycles. The third kappa shape index (κ3) is 3.03. The van der Waals surface area contributed by atoms with Crippen molar-refractivity contribution in [2.75, 3.05) is 11.5 Å². The number of nitrogens with two attached hydrogens (primary N) is 1. The normalized spacial score (nSPS) is 13.1. The molecule has 0 aliphatic rings. The van der Waals surface area contributed by atoms with E-state index in [-0.39, 0.29) is 6.04 Å². The Balaban J connectivity index is 2.12. The van der Waals surface area contributed by atoms with Gasteiger partial charge in [-0.2, -0.15) is 11.8 Å². The highest BCUT2D eigenvalue weighted by atomic mass is 32.2. The fraction of sp³-hybridized carbons (Fsp3) is 0.385. The molecule has 0 radical (unpaired) electrons. The van der Waals surface area contributed by atoms with Gasteiger partial charge in [0.2, 0.25) is 0 Å². The van der Waals surface area contributed by atoms with Gasteiger partial charge >= 0.3 is 0 Å². The van der Waals surface area contributed by atoms with E-state index in [1.165, 1.54) is 6.42 Å². The highest BCUT2D eigenvalue weighted by Crippen LogP contribution is 2.25. The number of hydrazine groups is 1. The number of furan rings is 1. The molecule has 3 N–H and O–H groups in total. The van der Waals surface area contributed by atoms with Gasteiger partial charge < -0.3 is 4.42 Å². The second-order valence-electron chi connectivity index (χ2n) is 3.98. The van der Waals surface area contributed by atoms with Crippen LogP contribution in [0, 0.1) is 0 Å². The Morgan fingerprint density at radius 1 is 1.41 bits per heavy atom. The van der Waals surface area contributed by atoms with Gasteiger partial charge in [0.15, 0.2) is 0 Å². The van der Waals surface area contributed by atoms with Crippen LogP contribution in [0.25, 0.3) is 11.0 Å². The number of rotatable bonds is 6. The van der Waals surface area contributed by atoms with Crippen LogP contribution in [0.2, 0.25) is 0 Å². The average Bonchev–Trinajstić information content (AvgIpc) is 2.78. The van der Waals surface area contributed by atoms with Crippen LogP contribution in [0.5, 0.6) is 0 Å². The second kappa shape index (κ2) is 6.10. The third-order valence-corrected chi connectivity index (χ3v) is 3.89. The number of benzene rings is 1. The van der Waals surface area contributed by atoms with E-state index in [2.05, 4.69) is 24.5 Å². The minimum Gasteiger partial charge on any atom is -0.459 e. The largest absolute Gasteiger partial charge is 0.459 e. The zero-order valence-electron chi connectivity index (χ0n) is 9.98. The average molecular weight is 250 g/mol. The molecular weight excluding hydrogens is 232 g/mol. The van der Waals surface area contributed by atoms with Gasteiger partial charge in [0.25, 0.3) is 0 Å². The molecule has 0 saturated carbocycles. The smallest absolute Gasteiger partial charge is 0.134 e. The molecule has 0 aliphatic heterocycles. The number of hydrogen-bond acceptors (Lipinski definition) is 4.